The van der Waals surface area contributed by atoms with Gasteiger partial charge in [0.25, 0.3) is 0 Å². The maximum absolute atomic E-state index is 12.7. The molecule has 2 aromatic rings. The number of halogens is 3. The number of carbonyl (C=O) groups excluding carboxylic acids is 2. The van der Waals surface area contributed by atoms with Gasteiger partial charge in [-0.15, -0.1) is 0 Å². The predicted octanol–water partition coefficient (Wildman–Crippen LogP) is 0.824. The summed E-state index contributed by atoms with van der Waals surface area (Å²) in [5.74, 6) is -0.148. The summed E-state index contributed by atoms with van der Waals surface area (Å²) in [5, 5.41) is 3.42. The lowest BCUT2D eigenvalue weighted by atomic mass is 10.2. The minimum Gasteiger partial charge on any atom is -0.366 e. The van der Waals surface area contributed by atoms with Crippen LogP contribution >= 0.6 is 0 Å². The van der Waals surface area contributed by atoms with E-state index >= 15 is 0 Å². The second-order valence-electron chi connectivity index (χ2n) is 6.46. The van der Waals surface area contributed by atoms with Crippen LogP contribution in [0.1, 0.15) is 21.7 Å². The van der Waals surface area contributed by atoms with Crippen molar-refractivity contribution in [3.8, 4) is 0 Å². The lowest BCUT2D eigenvalue weighted by Gasteiger charge is -2.35. The van der Waals surface area contributed by atoms with Crippen molar-refractivity contribution < 1.29 is 22.8 Å². The van der Waals surface area contributed by atoms with Gasteiger partial charge in [0.15, 0.2) is 5.69 Å². The van der Waals surface area contributed by atoms with E-state index in [1.807, 2.05) is 4.90 Å². The Labute approximate surface area is 158 Å². The van der Waals surface area contributed by atoms with Crippen LogP contribution in [0.5, 0.6) is 0 Å². The average molecular weight is 396 g/mol. The molecule has 0 radical (unpaired) electrons. The summed E-state index contributed by atoms with van der Waals surface area (Å²) in [6.07, 6.45) is -3.29. The molecule has 3 heterocycles. The van der Waals surface area contributed by atoms with Crippen molar-refractivity contribution in [2.24, 2.45) is 12.8 Å². The summed E-state index contributed by atoms with van der Waals surface area (Å²) in [5.41, 5.74) is 4.70. The standard InChI is InChI=1S/C17H19F3N6O2/c1-24-12(8-13(23-24)17(18,19)20)9-15(27)26-6-4-25(5-7-26)14-3-2-11(10-22-14)16(21)28/h2-3,8,10H,4-7,9H2,1H3,(H2,21,28). The Morgan fingerprint density at radius 3 is 2.36 bits per heavy atom. The number of alkyl halides is 3. The maximum atomic E-state index is 12.7. The van der Waals surface area contributed by atoms with E-state index in [1.165, 1.54) is 13.2 Å². The van der Waals surface area contributed by atoms with Crippen LogP contribution in [0.4, 0.5) is 19.0 Å². The topological polar surface area (TPSA) is 97.4 Å². The number of hydrogen-bond acceptors (Lipinski definition) is 5. The number of hydrogen-bond donors (Lipinski definition) is 1. The van der Waals surface area contributed by atoms with E-state index in [4.69, 9.17) is 5.73 Å². The molecule has 1 fully saturated rings. The Morgan fingerprint density at radius 2 is 1.86 bits per heavy atom. The summed E-state index contributed by atoms with van der Waals surface area (Å²) in [4.78, 5) is 31.3. The van der Waals surface area contributed by atoms with Crippen LogP contribution in [0, 0.1) is 0 Å². The van der Waals surface area contributed by atoms with Gasteiger partial charge in [-0.3, -0.25) is 14.3 Å². The van der Waals surface area contributed by atoms with Crippen molar-refractivity contribution in [2.75, 3.05) is 31.1 Å². The first-order chi connectivity index (χ1) is 13.1. The van der Waals surface area contributed by atoms with Gasteiger partial charge >= 0.3 is 6.18 Å². The molecule has 3 rings (SSSR count). The van der Waals surface area contributed by atoms with E-state index in [-0.39, 0.29) is 18.0 Å². The Morgan fingerprint density at radius 1 is 1.18 bits per heavy atom. The molecule has 150 valence electrons. The molecular formula is C17H19F3N6O2. The number of aryl methyl sites for hydroxylation is 1. The highest BCUT2D eigenvalue weighted by atomic mass is 19.4. The maximum Gasteiger partial charge on any atom is 0.435 e. The van der Waals surface area contributed by atoms with Crippen molar-refractivity contribution in [2.45, 2.75) is 12.6 Å². The third-order valence-corrected chi connectivity index (χ3v) is 4.59. The van der Waals surface area contributed by atoms with Crippen LogP contribution in [-0.4, -0.2) is 57.7 Å². The summed E-state index contributed by atoms with van der Waals surface area (Å²) in [7, 11) is 1.39. The van der Waals surface area contributed by atoms with Crippen molar-refractivity contribution in [1.29, 1.82) is 0 Å². The lowest BCUT2D eigenvalue weighted by Crippen LogP contribution is -2.49. The number of nitrogens with two attached hydrogens (primary N) is 1. The minimum atomic E-state index is -4.54. The van der Waals surface area contributed by atoms with E-state index in [0.29, 0.717) is 37.6 Å². The number of aromatic nitrogens is 3. The van der Waals surface area contributed by atoms with Crippen molar-refractivity contribution in [1.82, 2.24) is 19.7 Å². The molecule has 2 aromatic heterocycles. The zero-order chi connectivity index (χ0) is 20.5. The van der Waals surface area contributed by atoms with Crippen LogP contribution < -0.4 is 10.6 Å². The van der Waals surface area contributed by atoms with Gasteiger partial charge in [0.1, 0.15) is 5.82 Å². The molecule has 0 spiro atoms. The van der Waals surface area contributed by atoms with E-state index in [0.717, 1.165) is 10.7 Å². The number of carbonyl (C=O) groups is 2. The van der Waals surface area contributed by atoms with Gasteiger partial charge in [0, 0.05) is 45.1 Å². The number of pyridine rings is 1. The lowest BCUT2D eigenvalue weighted by molar-refractivity contribution is -0.141. The number of anilines is 1. The minimum absolute atomic E-state index is 0.148. The first-order valence-electron chi connectivity index (χ1n) is 8.54. The Balaban J connectivity index is 1.58. The van der Waals surface area contributed by atoms with E-state index < -0.39 is 17.8 Å². The van der Waals surface area contributed by atoms with Gasteiger partial charge < -0.3 is 15.5 Å². The molecule has 28 heavy (non-hydrogen) atoms. The van der Waals surface area contributed by atoms with Crippen LogP contribution in [0.3, 0.4) is 0 Å². The van der Waals surface area contributed by atoms with Gasteiger partial charge in [-0.1, -0.05) is 0 Å². The smallest absolute Gasteiger partial charge is 0.366 e. The third-order valence-electron chi connectivity index (χ3n) is 4.59. The molecule has 1 aliphatic heterocycles. The number of piperazine rings is 1. The van der Waals surface area contributed by atoms with Crippen LogP contribution in [0.15, 0.2) is 24.4 Å². The molecule has 2 amide bonds. The Hall–Kier alpha value is -3.11. The van der Waals surface area contributed by atoms with Crippen molar-refractivity contribution in [3.05, 3.63) is 41.3 Å². The van der Waals surface area contributed by atoms with Gasteiger partial charge in [0.2, 0.25) is 11.8 Å². The van der Waals surface area contributed by atoms with Gasteiger partial charge in [-0.25, -0.2) is 4.98 Å². The van der Waals surface area contributed by atoms with Crippen LogP contribution in [0.2, 0.25) is 0 Å². The average Bonchev–Trinajstić information content (AvgIpc) is 3.03. The molecule has 0 atom stereocenters. The fourth-order valence-electron chi connectivity index (χ4n) is 2.98. The summed E-state index contributed by atoms with van der Waals surface area (Å²) >= 11 is 0. The number of primary amides is 1. The number of amides is 2. The predicted molar refractivity (Wildman–Crippen MR) is 93.5 cm³/mol. The molecule has 0 bridgehead atoms. The molecule has 1 aliphatic rings. The summed E-state index contributed by atoms with van der Waals surface area (Å²) in [6, 6.07) is 4.17. The molecule has 8 nitrogen and oxygen atoms in total. The molecule has 2 N–H and O–H groups in total. The second-order valence-corrected chi connectivity index (χ2v) is 6.46. The first kappa shape index (κ1) is 19.6. The molecule has 1 saturated heterocycles. The molecular weight excluding hydrogens is 377 g/mol. The fourth-order valence-corrected chi connectivity index (χ4v) is 2.98. The normalized spacial score (nSPS) is 15.0. The zero-order valence-corrected chi connectivity index (χ0v) is 15.1. The van der Waals surface area contributed by atoms with Crippen LogP contribution in [-0.2, 0) is 24.4 Å². The second kappa shape index (κ2) is 7.49. The van der Waals surface area contributed by atoms with E-state index in [1.54, 1.807) is 17.0 Å². The molecule has 0 saturated carbocycles. The monoisotopic (exact) mass is 396 g/mol. The quantitative estimate of drug-likeness (QED) is 0.826. The SMILES string of the molecule is Cn1nc(C(F)(F)F)cc1CC(=O)N1CCN(c2ccc(C(N)=O)cn2)CC1. The Kier molecular flexibility index (Phi) is 5.25. The van der Waals surface area contributed by atoms with E-state index in [2.05, 4.69) is 10.1 Å². The summed E-state index contributed by atoms with van der Waals surface area (Å²) < 4.78 is 39.3. The van der Waals surface area contributed by atoms with Gasteiger partial charge in [0.05, 0.1) is 12.0 Å². The first-order valence-corrected chi connectivity index (χ1v) is 8.54. The van der Waals surface area contributed by atoms with Crippen molar-refractivity contribution >= 4 is 17.6 Å². The Bertz CT molecular complexity index is 870. The van der Waals surface area contributed by atoms with Crippen LogP contribution in [0.25, 0.3) is 0 Å². The summed E-state index contributed by atoms with van der Waals surface area (Å²) in [6.45, 7) is 1.88. The highest BCUT2D eigenvalue weighted by molar-refractivity contribution is 5.92. The molecule has 0 aromatic carbocycles. The van der Waals surface area contributed by atoms with E-state index in [9.17, 15) is 22.8 Å². The van der Waals surface area contributed by atoms with Crippen molar-refractivity contribution in [3.63, 3.8) is 0 Å². The zero-order valence-electron chi connectivity index (χ0n) is 15.1. The highest BCUT2D eigenvalue weighted by Gasteiger charge is 2.35. The third kappa shape index (κ3) is 4.24. The fraction of sp³-hybridized carbons (Fsp3) is 0.412. The molecule has 11 heteroatoms. The molecule has 0 unspecified atom stereocenters. The highest BCUT2D eigenvalue weighted by Crippen LogP contribution is 2.28. The van der Waals surface area contributed by atoms with Gasteiger partial charge in [-0.2, -0.15) is 18.3 Å². The van der Waals surface area contributed by atoms with Gasteiger partial charge in [-0.05, 0) is 18.2 Å². The molecule has 0 aliphatic carbocycles. The number of nitrogens with zero attached hydrogens (tertiary/aromatic N) is 5. The number of rotatable bonds is 4. The largest absolute Gasteiger partial charge is 0.435 e.